The largest absolute Gasteiger partial charge is 0.314 e. The molecule has 1 fully saturated rings. The summed E-state index contributed by atoms with van der Waals surface area (Å²) in [6.07, 6.45) is 1.60. The number of carbonyl (C=O) groups excluding carboxylic acids is 1. The third-order valence-electron chi connectivity index (χ3n) is 2.59. The fourth-order valence-corrected chi connectivity index (χ4v) is 1.89. The van der Waals surface area contributed by atoms with E-state index in [9.17, 15) is 4.79 Å². The highest BCUT2D eigenvalue weighted by molar-refractivity contribution is 6.33. The van der Waals surface area contributed by atoms with Gasteiger partial charge in [-0.05, 0) is 12.1 Å². The maximum atomic E-state index is 11.8. The van der Waals surface area contributed by atoms with Gasteiger partial charge in [-0.3, -0.25) is 9.69 Å². The van der Waals surface area contributed by atoms with Crippen LogP contribution in [0, 0.1) is 0 Å². The Labute approximate surface area is 105 Å². The lowest BCUT2D eigenvalue weighted by atomic mass is 10.3. The number of anilines is 1. The Kier molecular flexibility index (Phi) is 4.30. The first kappa shape index (κ1) is 12.3. The molecule has 0 aliphatic carbocycles. The van der Waals surface area contributed by atoms with E-state index < -0.39 is 0 Å². The second kappa shape index (κ2) is 5.95. The summed E-state index contributed by atoms with van der Waals surface area (Å²) in [5, 5.41) is 6.41. The Bertz CT molecular complexity index is 393. The van der Waals surface area contributed by atoms with Crippen molar-refractivity contribution in [2.45, 2.75) is 0 Å². The molecule has 1 saturated heterocycles. The number of hydrogen-bond donors (Lipinski definition) is 2. The second-order valence-corrected chi connectivity index (χ2v) is 4.32. The third-order valence-corrected chi connectivity index (χ3v) is 2.90. The van der Waals surface area contributed by atoms with Crippen LogP contribution in [-0.2, 0) is 4.79 Å². The number of piperazine rings is 1. The Hall–Kier alpha value is -1.17. The van der Waals surface area contributed by atoms with Gasteiger partial charge in [-0.1, -0.05) is 11.6 Å². The number of carbonyl (C=O) groups is 1. The molecule has 0 radical (unpaired) electrons. The van der Waals surface area contributed by atoms with Crippen LogP contribution in [0.3, 0.4) is 0 Å². The van der Waals surface area contributed by atoms with Crippen LogP contribution in [0.2, 0.25) is 5.02 Å². The molecule has 1 amide bonds. The molecule has 5 nitrogen and oxygen atoms in total. The second-order valence-electron chi connectivity index (χ2n) is 3.91. The van der Waals surface area contributed by atoms with E-state index in [4.69, 9.17) is 11.6 Å². The standard InChI is InChI=1S/C11H15ClN4O/c12-9-2-1-3-14-11(9)15-10(17)8-16-6-4-13-5-7-16/h1-3,13H,4-8H2,(H,14,15,17). The zero-order chi connectivity index (χ0) is 12.1. The van der Waals surface area contributed by atoms with E-state index >= 15 is 0 Å². The van der Waals surface area contributed by atoms with Crippen LogP contribution in [0.25, 0.3) is 0 Å². The summed E-state index contributed by atoms with van der Waals surface area (Å²) in [4.78, 5) is 17.9. The number of pyridine rings is 1. The van der Waals surface area contributed by atoms with Crippen LogP contribution >= 0.6 is 11.6 Å². The smallest absolute Gasteiger partial charge is 0.239 e. The van der Waals surface area contributed by atoms with Crippen molar-refractivity contribution >= 4 is 23.3 Å². The van der Waals surface area contributed by atoms with Crippen LogP contribution < -0.4 is 10.6 Å². The van der Waals surface area contributed by atoms with Crippen molar-refractivity contribution in [1.82, 2.24) is 15.2 Å². The highest BCUT2D eigenvalue weighted by Gasteiger charge is 2.14. The summed E-state index contributed by atoms with van der Waals surface area (Å²) in [6.45, 7) is 4.02. The van der Waals surface area contributed by atoms with E-state index in [1.54, 1.807) is 18.3 Å². The zero-order valence-corrected chi connectivity index (χ0v) is 10.2. The molecule has 0 spiro atoms. The van der Waals surface area contributed by atoms with E-state index in [1.165, 1.54) is 0 Å². The van der Waals surface area contributed by atoms with Crippen molar-refractivity contribution in [3.05, 3.63) is 23.4 Å². The average Bonchev–Trinajstić information content (AvgIpc) is 2.33. The van der Waals surface area contributed by atoms with Crippen LogP contribution in [0.4, 0.5) is 5.82 Å². The number of halogens is 1. The van der Waals surface area contributed by atoms with Gasteiger partial charge in [0.1, 0.15) is 0 Å². The molecular formula is C11H15ClN4O. The normalized spacial score (nSPS) is 16.8. The summed E-state index contributed by atoms with van der Waals surface area (Å²) < 4.78 is 0. The molecule has 2 N–H and O–H groups in total. The maximum Gasteiger partial charge on any atom is 0.239 e. The SMILES string of the molecule is O=C(CN1CCNCC1)Nc1ncccc1Cl. The molecular weight excluding hydrogens is 240 g/mol. The Morgan fingerprint density at radius 1 is 1.53 bits per heavy atom. The Morgan fingerprint density at radius 3 is 3.00 bits per heavy atom. The first-order valence-corrected chi connectivity index (χ1v) is 5.97. The molecule has 0 bridgehead atoms. The number of nitrogens with one attached hydrogen (secondary N) is 2. The molecule has 0 aromatic carbocycles. The summed E-state index contributed by atoms with van der Waals surface area (Å²) in [5.41, 5.74) is 0. The molecule has 1 aliphatic rings. The number of hydrogen-bond acceptors (Lipinski definition) is 4. The average molecular weight is 255 g/mol. The molecule has 0 atom stereocenters. The summed E-state index contributed by atoms with van der Waals surface area (Å²) in [6, 6.07) is 3.43. The molecule has 6 heteroatoms. The minimum atomic E-state index is -0.0764. The minimum absolute atomic E-state index is 0.0764. The lowest BCUT2D eigenvalue weighted by Crippen LogP contribution is -2.46. The molecule has 17 heavy (non-hydrogen) atoms. The van der Waals surface area contributed by atoms with Crippen molar-refractivity contribution in [2.75, 3.05) is 38.0 Å². The number of nitrogens with zero attached hydrogens (tertiary/aromatic N) is 2. The van der Waals surface area contributed by atoms with Gasteiger partial charge in [0, 0.05) is 32.4 Å². The van der Waals surface area contributed by atoms with E-state index in [2.05, 4.69) is 20.5 Å². The van der Waals surface area contributed by atoms with Crippen LogP contribution in [-0.4, -0.2) is 48.5 Å². The van der Waals surface area contributed by atoms with Crippen molar-refractivity contribution in [3.8, 4) is 0 Å². The molecule has 1 aromatic rings. The lowest BCUT2D eigenvalue weighted by molar-refractivity contribution is -0.117. The van der Waals surface area contributed by atoms with E-state index in [-0.39, 0.29) is 5.91 Å². The van der Waals surface area contributed by atoms with Crippen LogP contribution in [0.15, 0.2) is 18.3 Å². The van der Waals surface area contributed by atoms with Gasteiger partial charge in [0.05, 0.1) is 11.6 Å². The zero-order valence-electron chi connectivity index (χ0n) is 9.45. The minimum Gasteiger partial charge on any atom is -0.314 e. The number of aromatic nitrogens is 1. The fourth-order valence-electron chi connectivity index (χ4n) is 1.72. The van der Waals surface area contributed by atoms with Crippen molar-refractivity contribution < 1.29 is 4.79 Å². The highest BCUT2D eigenvalue weighted by atomic mass is 35.5. The fraction of sp³-hybridized carbons (Fsp3) is 0.455. The molecule has 1 aliphatic heterocycles. The van der Waals surface area contributed by atoms with Gasteiger partial charge in [0.15, 0.2) is 5.82 Å². The predicted octanol–water partition coefficient (Wildman–Crippen LogP) is 0.579. The quantitative estimate of drug-likeness (QED) is 0.829. The molecule has 2 heterocycles. The third kappa shape index (κ3) is 3.66. The number of amides is 1. The van der Waals surface area contributed by atoms with Crippen molar-refractivity contribution in [3.63, 3.8) is 0 Å². The lowest BCUT2D eigenvalue weighted by Gasteiger charge is -2.26. The molecule has 92 valence electrons. The Balaban J connectivity index is 1.86. The monoisotopic (exact) mass is 254 g/mol. The first-order valence-electron chi connectivity index (χ1n) is 5.59. The van der Waals surface area contributed by atoms with Gasteiger partial charge in [-0.15, -0.1) is 0 Å². The number of rotatable bonds is 3. The van der Waals surface area contributed by atoms with E-state index in [1.807, 2.05) is 0 Å². The summed E-state index contributed by atoms with van der Waals surface area (Å²) >= 11 is 5.91. The van der Waals surface area contributed by atoms with Gasteiger partial charge < -0.3 is 10.6 Å². The summed E-state index contributed by atoms with van der Waals surface area (Å²) in [5.74, 6) is 0.349. The van der Waals surface area contributed by atoms with Crippen molar-refractivity contribution in [2.24, 2.45) is 0 Å². The van der Waals surface area contributed by atoms with Gasteiger partial charge in [-0.25, -0.2) is 4.98 Å². The first-order chi connectivity index (χ1) is 8.25. The van der Waals surface area contributed by atoms with Gasteiger partial charge >= 0.3 is 0 Å². The topological polar surface area (TPSA) is 57.3 Å². The van der Waals surface area contributed by atoms with Crippen LogP contribution in [0.5, 0.6) is 0 Å². The van der Waals surface area contributed by atoms with E-state index in [0.29, 0.717) is 17.4 Å². The Morgan fingerprint density at radius 2 is 2.29 bits per heavy atom. The molecule has 0 unspecified atom stereocenters. The van der Waals surface area contributed by atoms with E-state index in [0.717, 1.165) is 26.2 Å². The molecule has 1 aromatic heterocycles. The maximum absolute atomic E-state index is 11.8. The molecule has 0 saturated carbocycles. The van der Waals surface area contributed by atoms with Crippen molar-refractivity contribution in [1.29, 1.82) is 0 Å². The van der Waals surface area contributed by atoms with Gasteiger partial charge in [0.2, 0.25) is 5.91 Å². The summed E-state index contributed by atoms with van der Waals surface area (Å²) in [7, 11) is 0. The van der Waals surface area contributed by atoms with Crippen LogP contribution in [0.1, 0.15) is 0 Å². The van der Waals surface area contributed by atoms with Gasteiger partial charge in [-0.2, -0.15) is 0 Å². The molecule has 2 rings (SSSR count). The van der Waals surface area contributed by atoms with Gasteiger partial charge in [0.25, 0.3) is 0 Å². The predicted molar refractivity (Wildman–Crippen MR) is 67.2 cm³/mol. The highest BCUT2D eigenvalue weighted by Crippen LogP contribution is 2.17.